The maximum Gasteiger partial charge on any atom is 0.251 e. The summed E-state index contributed by atoms with van der Waals surface area (Å²) in [5.41, 5.74) is 0.970. The van der Waals surface area contributed by atoms with E-state index in [0.717, 1.165) is 12.8 Å². The Labute approximate surface area is 102 Å². The molecule has 0 unspecified atom stereocenters. The average molecular weight is 237 g/mol. The van der Waals surface area contributed by atoms with Crippen LogP contribution in [0.2, 0.25) is 0 Å². The van der Waals surface area contributed by atoms with E-state index in [1.165, 1.54) is 18.2 Å². The van der Waals surface area contributed by atoms with Crippen molar-refractivity contribution in [2.45, 2.75) is 46.1 Å². The second kappa shape index (κ2) is 5.30. The summed E-state index contributed by atoms with van der Waals surface area (Å²) in [6.45, 7) is 7.81. The molecule has 3 heteroatoms. The summed E-state index contributed by atoms with van der Waals surface area (Å²) < 4.78 is 12.9. The Hall–Kier alpha value is -1.38. The second-order valence-corrected chi connectivity index (χ2v) is 5.05. The summed E-state index contributed by atoms with van der Waals surface area (Å²) in [7, 11) is 0. The molecular formula is C14H20FNO. The van der Waals surface area contributed by atoms with Crippen LogP contribution >= 0.6 is 0 Å². The normalized spacial score (nSPS) is 11.4. The molecule has 0 atom stereocenters. The maximum atomic E-state index is 12.9. The van der Waals surface area contributed by atoms with Gasteiger partial charge in [0.2, 0.25) is 0 Å². The highest BCUT2D eigenvalue weighted by Crippen LogP contribution is 2.15. The second-order valence-electron chi connectivity index (χ2n) is 5.05. The molecule has 1 amide bonds. The van der Waals surface area contributed by atoms with Crippen molar-refractivity contribution < 1.29 is 9.18 Å². The molecule has 0 heterocycles. The molecule has 0 bridgehead atoms. The first-order valence-corrected chi connectivity index (χ1v) is 5.94. The maximum absolute atomic E-state index is 12.9. The molecule has 1 rings (SSSR count). The number of amides is 1. The molecular weight excluding hydrogens is 217 g/mol. The number of halogens is 1. The molecule has 0 spiro atoms. The lowest BCUT2D eigenvalue weighted by molar-refractivity contribution is 0.0908. The third-order valence-electron chi connectivity index (χ3n) is 2.76. The van der Waals surface area contributed by atoms with Gasteiger partial charge in [-0.25, -0.2) is 4.39 Å². The van der Waals surface area contributed by atoms with Crippen LogP contribution in [0.15, 0.2) is 18.2 Å². The monoisotopic (exact) mass is 237 g/mol. The average Bonchev–Trinajstić information content (AvgIpc) is 2.15. The summed E-state index contributed by atoms with van der Waals surface area (Å²) in [5.74, 6) is -0.451. The van der Waals surface area contributed by atoms with Gasteiger partial charge < -0.3 is 5.32 Å². The zero-order valence-corrected chi connectivity index (χ0v) is 10.9. The quantitative estimate of drug-likeness (QED) is 0.854. The van der Waals surface area contributed by atoms with E-state index in [1.54, 1.807) is 6.92 Å². The van der Waals surface area contributed by atoms with Gasteiger partial charge in [0.15, 0.2) is 0 Å². The van der Waals surface area contributed by atoms with E-state index in [-0.39, 0.29) is 17.3 Å². The zero-order valence-electron chi connectivity index (χ0n) is 10.9. The Morgan fingerprint density at radius 2 is 2.06 bits per heavy atom. The molecule has 1 aromatic rings. The van der Waals surface area contributed by atoms with Crippen molar-refractivity contribution in [3.05, 3.63) is 35.1 Å². The van der Waals surface area contributed by atoms with E-state index in [4.69, 9.17) is 0 Å². The molecule has 1 aromatic carbocycles. The van der Waals surface area contributed by atoms with Crippen LogP contribution in [-0.2, 0) is 0 Å². The van der Waals surface area contributed by atoms with Crippen LogP contribution in [0.1, 0.15) is 49.5 Å². The lowest BCUT2D eigenvalue weighted by Gasteiger charge is -2.26. The molecule has 17 heavy (non-hydrogen) atoms. The lowest BCUT2D eigenvalue weighted by atomic mass is 9.97. The van der Waals surface area contributed by atoms with Crippen molar-refractivity contribution in [3.8, 4) is 0 Å². The van der Waals surface area contributed by atoms with E-state index in [9.17, 15) is 9.18 Å². The molecule has 0 aliphatic carbocycles. The number of benzene rings is 1. The fraction of sp³-hybridized carbons (Fsp3) is 0.500. The van der Waals surface area contributed by atoms with Crippen LogP contribution in [0, 0.1) is 12.7 Å². The van der Waals surface area contributed by atoms with Gasteiger partial charge in [0.05, 0.1) is 0 Å². The summed E-state index contributed by atoms with van der Waals surface area (Å²) in [6.07, 6.45) is 1.93. The standard InChI is InChI=1S/C14H20FNO/c1-5-8-14(3,4)16-13(17)12-7-6-11(15)9-10(12)2/h6-7,9H,5,8H2,1-4H3,(H,16,17). The topological polar surface area (TPSA) is 29.1 Å². The van der Waals surface area contributed by atoms with Crippen LogP contribution < -0.4 is 5.32 Å². The summed E-state index contributed by atoms with van der Waals surface area (Å²) in [5, 5.41) is 2.97. The Morgan fingerprint density at radius 3 is 2.59 bits per heavy atom. The smallest absolute Gasteiger partial charge is 0.251 e. The van der Waals surface area contributed by atoms with Crippen molar-refractivity contribution in [1.82, 2.24) is 5.32 Å². The molecule has 0 fully saturated rings. The number of hydrogen-bond acceptors (Lipinski definition) is 1. The highest BCUT2D eigenvalue weighted by Gasteiger charge is 2.20. The van der Waals surface area contributed by atoms with Crippen molar-refractivity contribution in [3.63, 3.8) is 0 Å². The molecule has 1 N–H and O–H groups in total. The van der Waals surface area contributed by atoms with Crippen molar-refractivity contribution in [2.75, 3.05) is 0 Å². The van der Waals surface area contributed by atoms with Gasteiger partial charge in [0.1, 0.15) is 5.82 Å². The SMILES string of the molecule is CCCC(C)(C)NC(=O)c1ccc(F)cc1C. The van der Waals surface area contributed by atoms with Gasteiger partial charge in [-0.1, -0.05) is 13.3 Å². The van der Waals surface area contributed by atoms with Crippen LogP contribution in [0.4, 0.5) is 4.39 Å². The minimum atomic E-state index is -0.313. The van der Waals surface area contributed by atoms with Crippen molar-refractivity contribution >= 4 is 5.91 Å². The van der Waals surface area contributed by atoms with Gasteiger partial charge in [0.25, 0.3) is 5.91 Å². The number of rotatable bonds is 4. The number of carbonyl (C=O) groups is 1. The largest absolute Gasteiger partial charge is 0.347 e. The highest BCUT2D eigenvalue weighted by molar-refractivity contribution is 5.96. The molecule has 0 saturated heterocycles. The van der Waals surface area contributed by atoms with Gasteiger partial charge in [-0.2, -0.15) is 0 Å². The Balaban J connectivity index is 2.83. The minimum absolute atomic E-state index is 0.138. The number of nitrogens with one attached hydrogen (secondary N) is 1. The third kappa shape index (κ3) is 3.84. The van der Waals surface area contributed by atoms with E-state index in [0.29, 0.717) is 11.1 Å². The fourth-order valence-electron chi connectivity index (χ4n) is 1.94. The molecule has 0 aliphatic rings. The number of carbonyl (C=O) groups excluding carboxylic acids is 1. The molecule has 94 valence electrons. The van der Waals surface area contributed by atoms with E-state index >= 15 is 0 Å². The first-order valence-electron chi connectivity index (χ1n) is 5.94. The molecule has 0 saturated carbocycles. The fourth-order valence-corrected chi connectivity index (χ4v) is 1.94. The first kappa shape index (κ1) is 13.7. The zero-order chi connectivity index (χ0) is 13.1. The lowest BCUT2D eigenvalue weighted by Crippen LogP contribution is -2.43. The van der Waals surface area contributed by atoms with Gasteiger partial charge in [-0.3, -0.25) is 4.79 Å². The van der Waals surface area contributed by atoms with E-state index in [1.807, 2.05) is 13.8 Å². The van der Waals surface area contributed by atoms with E-state index in [2.05, 4.69) is 12.2 Å². The van der Waals surface area contributed by atoms with Crippen LogP contribution in [-0.4, -0.2) is 11.4 Å². The third-order valence-corrected chi connectivity index (χ3v) is 2.76. The number of hydrogen-bond donors (Lipinski definition) is 1. The van der Waals surface area contributed by atoms with Crippen molar-refractivity contribution in [2.24, 2.45) is 0 Å². The Bertz CT molecular complexity index is 413. The summed E-state index contributed by atoms with van der Waals surface area (Å²) in [4.78, 5) is 12.0. The van der Waals surface area contributed by atoms with E-state index < -0.39 is 0 Å². The summed E-state index contributed by atoms with van der Waals surface area (Å²) >= 11 is 0. The first-order chi connectivity index (χ1) is 7.85. The van der Waals surface area contributed by atoms with Crippen LogP contribution in [0.25, 0.3) is 0 Å². The van der Waals surface area contributed by atoms with Crippen molar-refractivity contribution in [1.29, 1.82) is 0 Å². The Kier molecular flexibility index (Phi) is 4.27. The summed E-state index contributed by atoms with van der Waals surface area (Å²) in [6, 6.07) is 4.22. The number of aryl methyl sites for hydroxylation is 1. The van der Waals surface area contributed by atoms with Gasteiger partial charge in [-0.05, 0) is 51.0 Å². The van der Waals surface area contributed by atoms with Gasteiger partial charge in [0, 0.05) is 11.1 Å². The highest BCUT2D eigenvalue weighted by atomic mass is 19.1. The molecule has 0 radical (unpaired) electrons. The Morgan fingerprint density at radius 1 is 1.41 bits per heavy atom. The minimum Gasteiger partial charge on any atom is -0.347 e. The van der Waals surface area contributed by atoms with Crippen LogP contribution in [0.5, 0.6) is 0 Å². The van der Waals surface area contributed by atoms with Crippen LogP contribution in [0.3, 0.4) is 0 Å². The molecule has 0 aliphatic heterocycles. The molecule has 0 aromatic heterocycles. The predicted molar refractivity (Wildman–Crippen MR) is 67.6 cm³/mol. The van der Waals surface area contributed by atoms with Gasteiger partial charge >= 0.3 is 0 Å². The van der Waals surface area contributed by atoms with Gasteiger partial charge in [-0.15, -0.1) is 0 Å². The predicted octanol–water partition coefficient (Wildman–Crippen LogP) is 3.44. The molecule has 2 nitrogen and oxygen atoms in total.